The number of amides is 1. The molecule has 0 bridgehead atoms. The topological polar surface area (TPSA) is 46.2 Å². The van der Waals surface area contributed by atoms with E-state index in [1.807, 2.05) is 38.1 Å². The molecule has 1 rings (SSSR count). The lowest BCUT2D eigenvalue weighted by Crippen LogP contribution is -2.39. The van der Waals surface area contributed by atoms with Gasteiger partial charge in [0.1, 0.15) is 0 Å². The molecule has 1 N–H and O–H groups in total. The van der Waals surface area contributed by atoms with Crippen molar-refractivity contribution < 1.29 is 9.59 Å². The molecule has 0 aliphatic heterocycles. The minimum atomic E-state index is -0.534. The fourth-order valence-corrected chi connectivity index (χ4v) is 1.84. The third-order valence-electron chi connectivity index (χ3n) is 2.62. The Morgan fingerprint density at radius 2 is 2.00 bits per heavy atom. The Labute approximate surface area is 110 Å². The van der Waals surface area contributed by atoms with Crippen molar-refractivity contribution in [2.24, 2.45) is 0 Å². The van der Waals surface area contributed by atoms with Gasteiger partial charge in [0.25, 0.3) is 5.91 Å². The zero-order chi connectivity index (χ0) is 13.1. The molecule has 0 aromatic heterocycles. The lowest BCUT2D eigenvalue weighted by atomic mass is 9.84. The van der Waals surface area contributed by atoms with Gasteiger partial charge in [0.05, 0.1) is 0 Å². The molecular formula is C13H16BrNO2. The molecular weight excluding hydrogens is 282 g/mol. The summed E-state index contributed by atoms with van der Waals surface area (Å²) in [4.78, 5) is 22.0. The third kappa shape index (κ3) is 3.97. The summed E-state index contributed by atoms with van der Waals surface area (Å²) >= 11 is 3.42. The lowest BCUT2D eigenvalue weighted by molar-refractivity contribution is -0.136. The van der Waals surface area contributed by atoms with Gasteiger partial charge in [-0.3, -0.25) is 9.59 Å². The molecule has 0 saturated heterocycles. The zero-order valence-electron chi connectivity index (χ0n) is 10.2. The van der Waals surface area contributed by atoms with Crippen LogP contribution in [0.4, 0.5) is 0 Å². The van der Waals surface area contributed by atoms with Crippen molar-refractivity contribution in [1.82, 2.24) is 5.32 Å². The number of rotatable bonds is 4. The van der Waals surface area contributed by atoms with Crippen molar-refractivity contribution in [1.29, 1.82) is 0 Å². The van der Waals surface area contributed by atoms with Crippen LogP contribution in [0.3, 0.4) is 0 Å². The molecule has 0 heterocycles. The Kier molecular flexibility index (Phi) is 4.46. The first kappa shape index (κ1) is 13.9. The van der Waals surface area contributed by atoms with Crippen molar-refractivity contribution in [3.05, 3.63) is 34.3 Å². The number of ketones is 1. The number of carbonyl (C=O) groups excluding carboxylic acids is 2. The second-order valence-electron chi connectivity index (χ2n) is 4.63. The van der Waals surface area contributed by atoms with E-state index in [2.05, 4.69) is 21.2 Å². The highest BCUT2D eigenvalue weighted by Gasteiger charge is 2.22. The summed E-state index contributed by atoms with van der Waals surface area (Å²) in [5.74, 6) is -0.997. The third-order valence-corrected chi connectivity index (χ3v) is 3.11. The van der Waals surface area contributed by atoms with Gasteiger partial charge in [-0.05, 0) is 17.7 Å². The number of hydrogen-bond donors (Lipinski definition) is 1. The van der Waals surface area contributed by atoms with E-state index in [-0.39, 0.29) is 5.41 Å². The largest absolute Gasteiger partial charge is 0.349 e. The predicted molar refractivity (Wildman–Crippen MR) is 70.9 cm³/mol. The molecule has 0 fully saturated rings. The highest BCUT2D eigenvalue weighted by atomic mass is 79.9. The Hall–Kier alpha value is -1.16. The van der Waals surface area contributed by atoms with Crippen LogP contribution in [0.2, 0.25) is 0 Å². The summed E-state index contributed by atoms with van der Waals surface area (Å²) < 4.78 is 1.00. The van der Waals surface area contributed by atoms with Crippen LogP contribution in [0.5, 0.6) is 0 Å². The van der Waals surface area contributed by atoms with Crippen LogP contribution in [0.25, 0.3) is 0 Å². The SMILES string of the molecule is CC(=O)C(=O)NCC(C)(C)c1cccc(Br)c1. The van der Waals surface area contributed by atoms with Crippen molar-refractivity contribution in [2.75, 3.05) is 6.54 Å². The van der Waals surface area contributed by atoms with E-state index in [1.165, 1.54) is 6.92 Å². The van der Waals surface area contributed by atoms with E-state index in [4.69, 9.17) is 0 Å². The van der Waals surface area contributed by atoms with Crippen LogP contribution in [0, 0.1) is 0 Å². The maximum Gasteiger partial charge on any atom is 0.287 e. The normalized spacial score (nSPS) is 11.1. The molecule has 0 radical (unpaired) electrons. The monoisotopic (exact) mass is 297 g/mol. The minimum Gasteiger partial charge on any atom is -0.349 e. The van der Waals surface area contributed by atoms with Crippen molar-refractivity contribution >= 4 is 27.6 Å². The highest BCUT2D eigenvalue weighted by Crippen LogP contribution is 2.24. The van der Waals surface area contributed by atoms with Crippen LogP contribution in [-0.2, 0) is 15.0 Å². The Morgan fingerprint density at radius 3 is 2.53 bits per heavy atom. The van der Waals surface area contributed by atoms with Gasteiger partial charge in [-0.2, -0.15) is 0 Å². The fourth-order valence-electron chi connectivity index (χ4n) is 1.44. The van der Waals surface area contributed by atoms with E-state index in [0.29, 0.717) is 6.54 Å². The van der Waals surface area contributed by atoms with Crippen molar-refractivity contribution in [3.63, 3.8) is 0 Å². The van der Waals surface area contributed by atoms with Gasteiger partial charge in [-0.15, -0.1) is 0 Å². The molecule has 92 valence electrons. The average Bonchev–Trinajstić information content (AvgIpc) is 2.26. The smallest absolute Gasteiger partial charge is 0.287 e. The maximum absolute atomic E-state index is 11.2. The molecule has 1 aromatic carbocycles. The summed E-state index contributed by atoms with van der Waals surface area (Å²) in [6.45, 7) is 5.74. The standard InChI is InChI=1S/C13H16BrNO2/c1-9(16)12(17)15-8-13(2,3)10-5-4-6-11(14)7-10/h4-7H,8H2,1-3H3,(H,15,17). The van der Waals surface area contributed by atoms with E-state index < -0.39 is 11.7 Å². The first-order valence-corrected chi connectivity index (χ1v) is 6.17. The number of Topliss-reactive ketones (excluding diaryl/α,β-unsaturated/α-hetero) is 1. The summed E-state index contributed by atoms with van der Waals surface area (Å²) in [6.07, 6.45) is 0. The van der Waals surface area contributed by atoms with Gasteiger partial charge in [0, 0.05) is 23.4 Å². The van der Waals surface area contributed by atoms with Crippen LogP contribution in [0.15, 0.2) is 28.7 Å². The van der Waals surface area contributed by atoms with E-state index >= 15 is 0 Å². The zero-order valence-corrected chi connectivity index (χ0v) is 11.8. The number of carbonyl (C=O) groups is 2. The van der Waals surface area contributed by atoms with Gasteiger partial charge in [0.2, 0.25) is 5.78 Å². The van der Waals surface area contributed by atoms with Gasteiger partial charge in [-0.1, -0.05) is 41.9 Å². The number of hydrogen-bond acceptors (Lipinski definition) is 2. The van der Waals surface area contributed by atoms with Crippen molar-refractivity contribution in [2.45, 2.75) is 26.2 Å². The first-order chi connectivity index (χ1) is 7.83. The Bertz CT molecular complexity index is 441. The summed E-state index contributed by atoms with van der Waals surface area (Å²) in [5.41, 5.74) is 0.894. The van der Waals surface area contributed by atoms with Gasteiger partial charge in [-0.25, -0.2) is 0 Å². The van der Waals surface area contributed by atoms with Gasteiger partial charge >= 0.3 is 0 Å². The molecule has 17 heavy (non-hydrogen) atoms. The molecule has 1 aromatic rings. The van der Waals surface area contributed by atoms with E-state index in [1.54, 1.807) is 0 Å². The van der Waals surface area contributed by atoms with Crippen LogP contribution in [-0.4, -0.2) is 18.2 Å². The molecule has 0 atom stereocenters. The van der Waals surface area contributed by atoms with Crippen LogP contribution < -0.4 is 5.32 Å². The molecule has 4 heteroatoms. The quantitative estimate of drug-likeness (QED) is 0.868. The number of benzene rings is 1. The summed E-state index contributed by atoms with van der Waals surface area (Å²) in [5, 5.41) is 2.64. The number of nitrogens with one attached hydrogen (secondary N) is 1. The molecule has 1 amide bonds. The Morgan fingerprint density at radius 1 is 1.35 bits per heavy atom. The molecule has 3 nitrogen and oxygen atoms in total. The average molecular weight is 298 g/mol. The second kappa shape index (κ2) is 5.45. The summed E-state index contributed by atoms with van der Waals surface area (Å²) in [6, 6.07) is 7.92. The lowest BCUT2D eigenvalue weighted by Gasteiger charge is -2.25. The molecule has 0 aliphatic carbocycles. The van der Waals surface area contributed by atoms with Crippen LogP contribution >= 0.6 is 15.9 Å². The second-order valence-corrected chi connectivity index (χ2v) is 5.55. The molecule has 0 aliphatic rings. The predicted octanol–water partition coefficient (Wildman–Crippen LogP) is 2.43. The van der Waals surface area contributed by atoms with Crippen LogP contribution in [0.1, 0.15) is 26.3 Å². The van der Waals surface area contributed by atoms with E-state index in [9.17, 15) is 9.59 Å². The Balaban J connectivity index is 2.75. The van der Waals surface area contributed by atoms with Crippen molar-refractivity contribution in [3.8, 4) is 0 Å². The highest BCUT2D eigenvalue weighted by molar-refractivity contribution is 9.10. The molecule has 0 spiro atoms. The first-order valence-electron chi connectivity index (χ1n) is 5.38. The fraction of sp³-hybridized carbons (Fsp3) is 0.385. The van der Waals surface area contributed by atoms with Gasteiger partial charge < -0.3 is 5.32 Å². The molecule has 0 saturated carbocycles. The van der Waals surface area contributed by atoms with E-state index in [0.717, 1.165) is 10.0 Å². The maximum atomic E-state index is 11.2. The minimum absolute atomic E-state index is 0.213. The number of halogens is 1. The summed E-state index contributed by atoms with van der Waals surface area (Å²) in [7, 11) is 0. The molecule has 0 unspecified atom stereocenters. The van der Waals surface area contributed by atoms with Gasteiger partial charge in [0.15, 0.2) is 0 Å².